The lowest BCUT2D eigenvalue weighted by Gasteiger charge is -2.01. The first kappa shape index (κ1) is 10.7. The maximum Gasteiger partial charge on any atom is 0.157 e. The molecule has 3 heterocycles. The van der Waals surface area contributed by atoms with Gasteiger partial charge in [0.05, 0.1) is 11.0 Å². The van der Waals surface area contributed by atoms with Crippen LogP contribution in [0.25, 0.3) is 44.0 Å². The van der Waals surface area contributed by atoms with Crippen LogP contribution in [0.5, 0.6) is 0 Å². The summed E-state index contributed by atoms with van der Waals surface area (Å²) in [6, 6.07) is 16.1. The molecule has 0 fully saturated rings. The van der Waals surface area contributed by atoms with E-state index in [1.165, 1.54) is 0 Å². The van der Waals surface area contributed by atoms with Crippen molar-refractivity contribution in [1.29, 1.82) is 0 Å². The van der Waals surface area contributed by atoms with Gasteiger partial charge < -0.3 is 4.98 Å². The van der Waals surface area contributed by atoms with E-state index in [0.717, 1.165) is 44.0 Å². The largest absolute Gasteiger partial charge is 0.338 e. The van der Waals surface area contributed by atoms with Crippen molar-refractivity contribution in [2.45, 2.75) is 0 Å². The number of aromatic amines is 1. The van der Waals surface area contributed by atoms with Gasteiger partial charge in [-0.3, -0.25) is 4.98 Å². The van der Waals surface area contributed by atoms with E-state index in [2.05, 4.69) is 16.0 Å². The third-order valence-electron chi connectivity index (χ3n) is 3.84. The van der Waals surface area contributed by atoms with Crippen LogP contribution in [0.1, 0.15) is 0 Å². The molecule has 0 bridgehead atoms. The van der Waals surface area contributed by atoms with Crippen LogP contribution in [0.3, 0.4) is 0 Å². The van der Waals surface area contributed by atoms with Crippen LogP contribution < -0.4 is 0 Å². The zero-order valence-corrected chi connectivity index (χ0v) is 11.0. The maximum absolute atomic E-state index is 4.84. The number of rotatable bonds is 0. The number of H-pyrrole nitrogens is 1. The lowest BCUT2D eigenvalue weighted by molar-refractivity contribution is 1.34. The Morgan fingerprint density at radius 3 is 2.71 bits per heavy atom. The molecular formula is C17H10N4. The number of nitrogens with zero attached hydrogens (tertiary/aromatic N) is 3. The Morgan fingerprint density at radius 2 is 1.71 bits per heavy atom. The van der Waals surface area contributed by atoms with E-state index < -0.39 is 0 Å². The van der Waals surface area contributed by atoms with Crippen molar-refractivity contribution in [2.24, 2.45) is 0 Å². The summed E-state index contributed by atoms with van der Waals surface area (Å²) in [5.74, 6) is 0. The number of aromatic nitrogens is 4. The molecule has 4 nitrogen and oxygen atoms in total. The maximum atomic E-state index is 4.84. The van der Waals surface area contributed by atoms with Crippen molar-refractivity contribution in [1.82, 2.24) is 19.9 Å². The molecule has 4 heteroatoms. The molecule has 0 saturated heterocycles. The zero-order chi connectivity index (χ0) is 13.8. The smallest absolute Gasteiger partial charge is 0.157 e. The molecule has 0 spiro atoms. The number of pyridine rings is 1. The Bertz CT molecular complexity index is 1130. The van der Waals surface area contributed by atoms with Gasteiger partial charge in [-0.25, -0.2) is 9.97 Å². The average Bonchev–Trinajstić information content (AvgIpc) is 2.90. The first-order chi connectivity index (χ1) is 10.4. The number of fused-ring (bicyclic) bond motifs is 6. The lowest BCUT2D eigenvalue weighted by atomic mass is 10.2. The van der Waals surface area contributed by atoms with Crippen LogP contribution in [-0.4, -0.2) is 19.9 Å². The highest BCUT2D eigenvalue weighted by atomic mass is 14.9. The second kappa shape index (κ2) is 3.76. The van der Waals surface area contributed by atoms with Gasteiger partial charge in [-0.05, 0) is 18.2 Å². The summed E-state index contributed by atoms with van der Waals surface area (Å²) in [5, 5.41) is 2.17. The summed E-state index contributed by atoms with van der Waals surface area (Å²) in [7, 11) is 0. The molecule has 2 aromatic carbocycles. The molecule has 0 aliphatic carbocycles. The second-order valence-corrected chi connectivity index (χ2v) is 5.10. The molecule has 3 aromatic heterocycles. The van der Waals surface area contributed by atoms with Crippen LogP contribution in [0.4, 0.5) is 0 Å². The summed E-state index contributed by atoms with van der Waals surface area (Å²) < 4.78 is 0. The van der Waals surface area contributed by atoms with Gasteiger partial charge in [-0.2, -0.15) is 0 Å². The molecule has 0 saturated carbocycles. The summed E-state index contributed by atoms with van der Waals surface area (Å²) in [6.45, 7) is 0. The van der Waals surface area contributed by atoms with E-state index in [1.807, 2.05) is 42.5 Å². The Labute approximate surface area is 119 Å². The van der Waals surface area contributed by atoms with Crippen LogP contribution in [0, 0.1) is 0 Å². The van der Waals surface area contributed by atoms with Crippen LogP contribution >= 0.6 is 0 Å². The highest BCUT2D eigenvalue weighted by molar-refractivity contribution is 6.09. The molecule has 0 radical (unpaired) electrons. The Hall–Kier alpha value is -3.01. The van der Waals surface area contributed by atoms with Crippen LogP contribution in [-0.2, 0) is 0 Å². The second-order valence-electron chi connectivity index (χ2n) is 5.10. The first-order valence-corrected chi connectivity index (χ1v) is 6.82. The van der Waals surface area contributed by atoms with Crippen molar-refractivity contribution in [3.8, 4) is 0 Å². The van der Waals surface area contributed by atoms with Gasteiger partial charge in [-0.1, -0.05) is 30.3 Å². The van der Waals surface area contributed by atoms with Crippen LogP contribution in [0.2, 0.25) is 0 Å². The number of hydrogen-bond acceptors (Lipinski definition) is 3. The highest BCUT2D eigenvalue weighted by Gasteiger charge is 2.10. The Kier molecular flexibility index (Phi) is 1.92. The number of para-hydroxylation sites is 1. The summed E-state index contributed by atoms with van der Waals surface area (Å²) in [4.78, 5) is 17.3. The predicted molar refractivity (Wildman–Crippen MR) is 84.2 cm³/mol. The van der Waals surface area contributed by atoms with Crippen molar-refractivity contribution < 1.29 is 0 Å². The molecule has 0 amide bonds. The van der Waals surface area contributed by atoms with Crippen molar-refractivity contribution in [2.75, 3.05) is 0 Å². The molecular weight excluding hydrogens is 260 g/mol. The van der Waals surface area contributed by atoms with Gasteiger partial charge in [0.1, 0.15) is 11.0 Å². The van der Waals surface area contributed by atoms with Crippen molar-refractivity contribution >= 4 is 44.0 Å². The van der Waals surface area contributed by atoms with E-state index in [9.17, 15) is 0 Å². The summed E-state index contributed by atoms with van der Waals surface area (Å²) in [6.07, 6.45) is 1.79. The van der Waals surface area contributed by atoms with E-state index in [0.29, 0.717) is 0 Å². The summed E-state index contributed by atoms with van der Waals surface area (Å²) in [5.41, 5.74) is 5.38. The Balaban J connectivity index is 2.06. The third kappa shape index (κ3) is 1.41. The minimum atomic E-state index is 0.819. The van der Waals surface area contributed by atoms with E-state index in [-0.39, 0.29) is 0 Å². The highest BCUT2D eigenvalue weighted by Crippen LogP contribution is 2.27. The van der Waals surface area contributed by atoms with E-state index in [4.69, 9.17) is 9.97 Å². The van der Waals surface area contributed by atoms with Gasteiger partial charge >= 0.3 is 0 Å². The van der Waals surface area contributed by atoms with Crippen molar-refractivity contribution in [3.05, 3.63) is 54.7 Å². The Morgan fingerprint density at radius 1 is 0.762 bits per heavy atom. The molecule has 21 heavy (non-hydrogen) atoms. The minimum absolute atomic E-state index is 0.819. The summed E-state index contributed by atoms with van der Waals surface area (Å²) >= 11 is 0. The normalized spacial score (nSPS) is 11.8. The number of hydrogen-bond donors (Lipinski definition) is 1. The van der Waals surface area contributed by atoms with Gasteiger partial charge in [0, 0.05) is 22.5 Å². The van der Waals surface area contributed by atoms with E-state index >= 15 is 0 Å². The molecule has 0 atom stereocenters. The van der Waals surface area contributed by atoms with Gasteiger partial charge in [-0.15, -0.1) is 0 Å². The lowest BCUT2D eigenvalue weighted by Crippen LogP contribution is -1.89. The fourth-order valence-corrected chi connectivity index (χ4v) is 2.86. The average molecular weight is 270 g/mol. The molecule has 0 aliphatic heterocycles. The zero-order valence-electron chi connectivity index (χ0n) is 11.0. The predicted octanol–water partition coefficient (Wildman–Crippen LogP) is 3.81. The van der Waals surface area contributed by atoms with Gasteiger partial charge in [0.25, 0.3) is 0 Å². The van der Waals surface area contributed by atoms with E-state index in [1.54, 1.807) is 6.20 Å². The molecule has 0 aliphatic rings. The molecule has 98 valence electrons. The fraction of sp³-hybridized carbons (Fsp3) is 0. The topological polar surface area (TPSA) is 54.5 Å². The SMILES string of the molecule is c1cnc2c(c1)ccc1nc3[nH]c4ccccc4c3nc12. The van der Waals surface area contributed by atoms with Gasteiger partial charge in [0.15, 0.2) is 5.65 Å². The molecule has 5 rings (SSSR count). The third-order valence-corrected chi connectivity index (χ3v) is 3.84. The molecule has 1 N–H and O–H groups in total. The fourth-order valence-electron chi connectivity index (χ4n) is 2.86. The number of benzene rings is 2. The molecule has 0 unspecified atom stereocenters. The first-order valence-electron chi connectivity index (χ1n) is 6.82. The standard InChI is InChI=1S/C17H10N4/c1-2-6-12-11(5-1)15-17(19-12)20-13-8-7-10-4-3-9-18-14(10)16(13)21-15/h1-9H,(H,19,20). The van der Waals surface area contributed by atoms with Crippen molar-refractivity contribution in [3.63, 3.8) is 0 Å². The van der Waals surface area contributed by atoms with Crippen LogP contribution in [0.15, 0.2) is 54.7 Å². The quantitative estimate of drug-likeness (QED) is 0.435. The van der Waals surface area contributed by atoms with Gasteiger partial charge in [0.2, 0.25) is 0 Å². The molecule has 5 aromatic rings. The monoisotopic (exact) mass is 270 g/mol. The number of nitrogens with one attached hydrogen (secondary N) is 1. The minimum Gasteiger partial charge on any atom is -0.338 e.